The molecule has 1 aliphatic carbocycles. The predicted molar refractivity (Wildman–Crippen MR) is 52.6 cm³/mol. The smallest absolute Gasteiger partial charge is 0.0161 e. The van der Waals surface area contributed by atoms with Crippen LogP contribution < -0.4 is 0 Å². The fourth-order valence-electron chi connectivity index (χ4n) is 1.72. The van der Waals surface area contributed by atoms with Gasteiger partial charge in [0.25, 0.3) is 0 Å². The van der Waals surface area contributed by atoms with E-state index >= 15 is 0 Å². The Morgan fingerprint density at radius 3 is 1.92 bits per heavy atom. The van der Waals surface area contributed by atoms with Crippen molar-refractivity contribution in [2.24, 2.45) is 0 Å². The van der Waals surface area contributed by atoms with Gasteiger partial charge in [-0.15, -0.1) is 0 Å². The normalized spacial score (nSPS) is 16.6. The first-order valence-corrected chi connectivity index (χ1v) is 4.76. The van der Waals surface area contributed by atoms with Crippen LogP contribution in [0.4, 0.5) is 0 Å². The van der Waals surface area contributed by atoms with Crippen LogP contribution in [0.15, 0.2) is 12.1 Å². The fraction of sp³-hybridized carbons (Fsp3) is 0.500. The maximum Gasteiger partial charge on any atom is -0.0161 e. The summed E-state index contributed by atoms with van der Waals surface area (Å²) in [7, 11) is 0. The highest BCUT2D eigenvalue weighted by molar-refractivity contribution is 5.39. The Kier molecular flexibility index (Phi) is 1.71. The van der Waals surface area contributed by atoms with E-state index in [2.05, 4.69) is 32.9 Å². The Morgan fingerprint density at radius 1 is 1.00 bits per heavy atom. The zero-order valence-electron chi connectivity index (χ0n) is 8.15. The van der Waals surface area contributed by atoms with Gasteiger partial charge in [-0.3, -0.25) is 0 Å². The molecule has 0 unspecified atom stereocenters. The number of benzene rings is 1. The molecule has 1 aromatic rings. The van der Waals surface area contributed by atoms with Gasteiger partial charge in [0.15, 0.2) is 0 Å². The van der Waals surface area contributed by atoms with E-state index in [0.29, 0.717) is 0 Å². The minimum Gasteiger partial charge on any atom is -0.0555 e. The molecule has 0 aromatic heterocycles. The molecule has 0 N–H and O–H groups in total. The minimum absolute atomic E-state index is 0.892. The minimum atomic E-state index is 0.892. The van der Waals surface area contributed by atoms with Crippen LogP contribution in [-0.2, 0) is 0 Å². The van der Waals surface area contributed by atoms with E-state index in [4.69, 9.17) is 0 Å². The summed E-state index contributed by atoms with van der Waals surface area (Å²) in [6.07, 6.45) is 2.81. The molecule has 2 rings (SSSR count). The van der Waals surface area contributed by atoms with E-state index in [0.717, 1.165) is 5.92 Å². The Bertz CT molecular complexity index is 283. The van der Waals surface area contributed by atoms with Crippen molar-refractivity contribution in [3.63, 3.8) is 0 Å². The number of aryl methyl sites for hydroxylation is 2. The van der Waals surface area contributed by atoms with E-state index in [-0.39, 0.29) is 0 Å². The lowest BCUT2D eigenvalue weighted by Gasteiger charge is -2.07. The summed E-state index contributed by atoms with van der Waals surface area (Å²) in [5.41, 5.74) is 5.93. The Morgan fingerprint density at radius 2 is 1.50 bits per heavy atom. The van der Waals surface area contributed by atoms with Crippen LogP contribution in [0, 0.1) is 20.8 Å². The van der Waals surface area contributed by atoms with Gasteiger partial charge in [0.1, 0.15) is 0 Å². The second-order valence-corrected chi connectivity index (χ2v) is 4.05. The van der Waals surface area contributed by atoms with Gasteiger partial charge < -0.3 is 0 Å². The molecule has 1 fully saturated rings. The third-order valence-electron chi connectivity index (χ3n) is 3.00. The summed E-state index contributed by atoms with van der Waals surface area (Å²) in [5, 5.41) is 0. The molecule has 1 aromatic carbocycles. The molecule has 12 heavy (non-hydrogen) atoms. The zero-order valence-corrected chi connectivity index (χ0v) is 8.15. The first-order valence-electron chi connectivity index (χ1n) is 4.76. The predicted octanol–water partition coefficient (Wildman–Crippen LogP) is 3.49. The van der Waals surface area contributed by atoms with Gasteiger partial charge in [-0.05, 0) is 61.8 Å². The van der Waals surface area contributed by atoms with E-state index in [9.17, 15) is 0 Å². The van der Waals surface area contributed by atoms with Gasteiger partial charge in [0.05, 0.1) is 0 Å². The molecule has 0 aliphatic heterocycles. The van der Waals surface area contributed by atoms with Crippen LogP contribution in [0.5, 0.6) is 0 Å². The SMILES string of the molecule is Cc1cc(C2CC2)cc(C)c1C. The topological polar surface area (TPSA) is 0 Å². The van der Waals surface area contributed by atoms with Crippen LogP contribution in [-0.4, -0.2) is 0 Å². The summed E-state index contributed by atoms with van der Waals surface area (Å²) >= 11 is 0. The van der Waals surface area contributed by atoms with Crippen molar-refractivity contribution >= 4 is 0 Å². The van der Waals surface area contributed by atoms with Crippen LogP contribution in [0.3, 0.4) is 0 Å². The van der Waals surface area contributed by atoms with Gasteiger partial charge in [0.2, 0.25) is 0 Å². The Hall–Kier alpha value is -0.780. The first kappa shape index (κ1) is 7.85. The molecule has 1 aliphatic rings. The zero-order chi connectivity index (χ0) is 8.72. The molecule has 0 heteroatoms. The average molecular weight is 160 g/mol. The third-order valence-corrected chi connectivity index (χ3v) is 3.00. The molecule has 0 spiro atoms. The van der Waals surface area contributed by atoms with Gasteiger partial charge in [-0.1, -0.05) is 12.1 Å². The lowest BCUT2D eigenvalue weighted by Crippen LogP contribution is -1.89. The first-order chi connectivity index (χ1) is 5.68. The lowest BCUT2D eigenvalue weighted by atomic mass is 9.98. The summed E-state index contributed by atoms with van der Waals surface area (Å²) in [5.74, 6) is 0.892. The van der Waals surface area contributed by atoms with E-state index < -0.39 is 0 Å². The van der Waals surface area contributed by atoms with Crippen LogP contribution >= 0.6 is 0 Å². The molecule has 0 saturated heterocycles. The monoisotopic (exact) mass is 160 g/mol. The van der Waals surface area contributed by atoms with Crippen LogP contribution in [0.1, 0.15) is 41.0 Å². The molecular formula is C12H16. The third kappa shape index (κ3) is 1.26. The lowest BCUT2D eigenvalue weighted by molar-refractivity contribution is 1.10. The summed E-state index contributed by atoms with van der Waals surface area (Å²) in [4.78, 5) is 0. The highest BCUT2D eigenvalue weighted by atomic mass is 14.3. The van der Waals surface area contributed by atoms with E-state index in [1.54, 1.807) is 5.56 Å². The summed E-state index contributed by atoms with van der Waals surface area (Å²) < 4.78 is 0. The molecule has 1 saturated carbocycles. The van der Waals surface area contributed by atoms with Crippen molar-refractivity contribution in [3.05, 3.63) is 34.4 Å². The molecule has 0 amide bonds. The fourth-order valence-corrected chi connectivity index (χ4v) is 1.72. The number of rotatable bonds is 1. The van der Waals surface area contributed by atoms with Crippen molar-refractivity contribution in [3.8, 4) is 0 Å². The highest BCUT2D eigenvalue weighted by Crippen LogP contribution is 2.41. The molecule has 0 heterocycles. The molecule has 0 atom stereocenters. The second-order valence-electron chi connectivity index (χ2n) is 4.05. The standard InChI is InChI=1S/C12H16/c1-8-6-12(11-4-5-11)7-9(2)10(8)3/h6-7,11H,4-5H2,1-3H3. The molecule has 0 nitrogen and oxygen atoms in total. The average Bonchev–Trinajstić information content (AvgIpc) is 2.81. The molecule has 0 bridgehead atoms. The molecular weight excluding hydrogens is 144 g/mol. The van der Waals surface area contributed by atoms with Crippen molar-refractivity contribution < 1.29 is 0 Å². The largest absolute Gasteiger partial charge is 0.0555 e. The van der Waals surface area contributed by atoms with Crippen molar-refractivity contribution in [1.29, 1.82) is 0 Å². The van der Waals surface area contributed by atoms with Gasteiger partial charge >= 0.3 is 0 Å². The maximum absolute atomic E-state index is 2.36. The van der Waals surface area contributed by atoms with E-state index in [1.807, 2.05) is 0 Å². The van der Waals surface area contributed by atoms with Gasteiger partial charge in [-0.2, -0.15) is 0 Å². The number of hydrogen-bond acceptors (Lipinski definition) is 0. The second kappa shape index (κ2) is 2.62. The molecule has 0 radical (unpaired) electrons. The van der Waals surface area contributed by atoms with E-state index in [1.165, 1.54) is 29.5 Å². The quantitative estimate of drug-likeness (QED) is 0.590. The Labute approximate surface area is 74.6 Å². The summed E-state index contributed by atoms with van der Waals surface area (Å²) in [6, 6.07) is 4.72. The van der Waals surface area contributed by atoms with Crippen LogP contribution in [0.2, 0.25) is 0 Å². The summed E-state index contributed by atoms with van der Waals surface area (Å²) in [6.45, 7) is 6.64. The highest BCUT2D eigenvalue weighted by Gasteiger charge is 2.23. The van der Waals surface area contributed by atoms with Crippen molar-refractivity contribution in [1.82, 2.24) is 0 Å². The Balaban J connectivity index is 2.45. The van der Waals surface area contributed by atoms with Gasteiger partial charge in [-0.25, -0.2) is 0 Å². The number of hydrogen-bond donors (Lipinski definition) is 0. The maximum atomic E-state index is 2.36. The van der Waals surface area contributed by atoms with Crippen molar-refractivity contribution in [2.45, 2.75) is 39.5 Å². The van der Waals surface area contributed by atoms with Gasteiger partial charge in [0, 0.05) is 0 Å². The van der Waals surface area contributed by atoms with Crippen LogP contribution in [0.25, 0.3) is 0 Å². The van der Waals surface area contributed by atoms with Crippen molar-refractivity contribution in [2.75, 3.05) is 0 Å². The molecule has 64 valence electrons.